The maximum atomic E-state index is 12.1. The number of sulfonamides is 1. The van der Waals surface area contributed by atoms with Crippen molar-refractivity contribution in [3.05, 3.63) is 34.4 Å². The molecule has 1 heterocycles. The second-order valence-corrected chi connectivity index (χ2v) is 6.72. The molecular weight excluding hydrogens is 348 g/mol. The molecule has 108 valence electrons. The highest BCUT2D eigenvalue weighted by molar-refractivity contribution is 9.10. The molecule has 0 bridgehead atoms. The SMILES string of the molecule is Cc1noc(CCNS(=O)(=O)c2cc(Br)ccc2N)n1. The van der Waals surface area contributed by atoms with Gasteiger partial charge in [0.25, 0.3) is 0 Å². The van der Waals surface area contributed by atoms with E-state index in [0.29, 0.717) is 22.6 Å². The average Bonchev–Trinajstić information content (AvgIpc) is 2.78. The zero-order chi connectivity index (χ0) is 14.8. The Morgan fingerprint density at radius 3 is 2.85 bits per heavy atom. The number of hydrogen-bond acceptors (Lipinski definition) is 6. The van der Waals surface area contributed by atoms with Crippen LogP contribution in [-0.4, -0.2) is 25.1 Å². The number of nitrogens with one attached hydrogen (secondary N) is 1. The minimum atomic E-state index is -3.67. The Hall–Kier alpha value is -1.45. The summed E-state index contributed by atoms with van der Waals surface area (Å²) in [6.07, 6.45) is 0.313. The first-order valence-electron chi connectivity index (χ1n) is 5.72. The summed E-state index contributed by atoms with van der Waals surface area (Å²) >= 11 is 3.22. The van der Waals surface area contributed by atoms with E-state index in [4.69, 9.17) is 10.3 Å². The molecule has 0 atom stereocenters. The summed E-state index contributed by atoms with van der Waals surface area (Å²) < 4.78 is 32.2. The Morgan fingerprint density at radius 1 is 1.45 bits per heavy atom. The lowest BCUT2D eigenvalue weighted by atomic mass is 10.3. The number of aryl methyl sites for hydroxylation is 1. The van der Waals surface area contributed by atoms with Crippen molar-refractivity contribution in [2.45, 2.75) is 18.2 Å². The van der Waals surface area contributed by atoms with Crippen molar-refractivity contribution in [3.8, 4) is 0 Å². The molecule has 2 rings (SSSR count). The Labute approximate surface area is 124 Å². The number of hydrogen-bond donors (Lipinski definition) is 2. The molecule has 1 aromatic carbocycles. The van der Waals surface area contributed by atoms with Crippen LogP contribution in [0.5, 0.6) is 0 Å². The molecule has 0 saturated carbocycles. The lowest BCUT2D eigenvalue weighted by Gasteiger charge is -2.08. The van der Waals surface area contributed by atoms with Crippen LogP contribution < -0.4 is 10.5 Å². The Morgan fingerprint density at radius 2 is 2.20 bits per heavy atom. The van der Waals surface area contributed by atoms with E-state index in [1.54, 1.807) is 13.0 Å². The summed E-state index contributed by atoms with van der Waals surface area (Å²) in [5.41, 5.74) is 5.87. The molecule has 0 unspecified atom stereocenters. The first-order chi connectivity index (χ1) is 9.38. The molecule has 0 fully saturated rings. The largest absolute Gasteiger partial charge is 0.398 e. The smallest absolute Gasteiger partial charge is 0.242 e. The van der Waals surface area contributed by atoms with Gasteiger partial charge in [0.2, 0.25) is 15.9 Å². The highest BCUT2D eigenvalue weighted by Gasteiger charge is 2.17. The molecule has 0 aliphatic rings. The van der Waals surface area contributed by atoms with Gasteiger partial charge in [0.05, 0.1) is 5.69 Å². The van der Waals surface area contributed by atoms with Crippen LogP contribution in [0.1, 0.15) is 11.7 Å². The van der Waals surface area contributed by atoms with E-state index in [9.17, 15) is 8.42 Å². The monoisotopic (exact) mass is 360 g/mol. The maximum absolute atomic E-state index is 12.1. The molecule has 0 spiro atoms. The lowest BCUT2D eigenvalue weighted by molar-refractivity contribution is 0.375. The summed E-state index contributed by atoms with van der Waals surface area (Å²) in [5.74, 6) is 0.895. The van der Waals surface area contributed by atoms with Gasteiger partial charge in [-0.3, -0.25) is 0 Å². The minimum absolute atomic E-state index is 0.0357. The van der Waals surface area contributed by atoms with E-state index < -0.39 is 10.0 Å². The van der Waals surface area contributed by atoms with Crippen LogP contribution in [0.4, 0.5) is 5.69 Å². The zero-order valence-corrected chi connectivity index (χ0v) is 13.0. The van der Waals surface area contributed by atoms with Crippen molar-refractivity contribution in [1.82, 2.24) is 14.9 Å². The molecule has 0 amide bonds. The topological polar surface area (TPSA) is 111 Å². The Kier molecular flexibility index (Phi) is 4.41. The van der Waals surface area contributed by atoms with Gasteiger partial charge in [-0.2, -0.15) is 4.98 Å². The van der Waals surface area contributed by atoms with E-state index in [1.807, 2.05) is 0 Å². The number of nitrogens with two attached hydrogens (primary N) is 1. The second kappa shape index (κ2) is 5.90. The van der Waals surface area contributed by atoms with E-state index in [1.165, 1.54) is 12.1 Å². The van der Waals surface area contributed by atoms with Gasteiger partial charge >= 0.3 is 0 Å². The first-order valence-corrected chi connectivity index (χ1v) is 8.00. The molecule has 0 aliphatic carbocycles. The van der Waals surface area contributed by atoms with Gasteiger partial charge in [-0.15, -0.1) is 0 Å². The molecule has 0 radical (unpaired) electrons. The summed E-state index contributed by atoms with van der Waals surface area (Å²) in [6.45, 7) is 1.84. The number of aromatic nitrogens is 2. The van der Waals surface area contributed by atoms with Gasteiger partial charge in [0, 0.05) is 17.4 Å². The average molecular weight is 361 g/mol. The molecule has 7 nitrogen and oxygen atoms in total. The number of rotatable bonds is 5. The standard InChI is InChI=1S/C11H13BrN4O3S/c1-7-15-11(19-16-7)4-5-14-20(17,18)10-6-8(12)2-3-9(10)13/h2-3,6,14H,4-5,13H2,1H3. The van der Waals surface area contributed by atoms with Gasteiger partial charge in [-0.25, -0.2) is 13.1 Å². The lowest BCUT2D eigenvalue weighted by Crippen LogP contribution is -2.26. The van der Waals surface area contributed by atoms with Crippen molar-refractivity contribution in [2.24, 2.45) is 0 Å². The van der Waals surface area contributed by atoms with Crippen LogP contribution in [0.15, 0.2) is 32.1 Å². The molecule has 1 aromatic heterocycles. The van der Waals surface area contributed by atoms with Crippen molar-refractivity contribution < 1.29 is 12.9 Å². The van der Waals surface area contributed by atoms with E-state index in [-0.39, 0.29) is 17.1 Å². The fraction of sp³-hybridized carbons (Fsp3) is 0.273. The van der Waals surface area contributed by atoms with Gasteiger partial charge in [-0.05, 0) is 25.1 Å². The van der Waals surface area contributed by atoms with Crippen LogP contribution in [-0.2, 0) is 16.4 Å². The summed E-state index contributed by atoms with van der Waals surface area (Å²) in [4.78, 5) is 4.03. The van der Waals surface area contributed by atoms with Crippen molar-refractivity contribution >= 4 is 31.6 Å². The number of nitrogens with zero attached hydrogens (tertiary/aromatic N) is 2. The van der Waals surface area contributed by atoms with Gasteiger partial charge in [-0.1, -0.05) is 21.1 Å². The Balaban J connectivity index is 2.06. The van der Waals surface area contributed by atoms with E-state index in [2.05, 4.69) is 30.8 Å². The third-order valence-corrected chi connectivity index (χ3v) is 4.48. The highest BCUT2D eigenvalue weighted by atomic mass is 79.9. The third kappa shape index (κ3) is 3.56. The number of nitrogen functional groups attached to an aromatic ring is 1. The normalized spacial score (nSPS) is 11.7. The quantitative estimate of drug-likeness (QED) is 0.776. The Bertz CT molecular complexity index is 714. The highest BCUT2D eigenvalue weighted by Crippen LogP contribution is 2.22. The van der Waals surface area contributed by atoms with E-state index in [0.717, 1.165) is 0 Å². The molecule has 2 aromatic rings. The summed E-state index contributed by atoms with van der Waals surface area (Å²) in [6, 6.07) is 4.66. The van der Waals surface area contributed by atoms with Crippen LogP contribution in [0, 0.1) is 6.92 Å². The predicted octanol–water partition coefficient (Wildman–Crippen LogP) is 1.24. The third-order valence-electron chi connectivity index (χ3n) is 2.47. The van der Waals surface area contributed by atoms with Gasteiger partial charge < -0.3 is 10.3 Å². The molecule has 0 aliphatic heterocycles. The van der Waals surface area contributed by atoms with Crippen LogP contribution >= 0.6 is 15.9 Å². The second-order valence-electron chi connectivity index (χ2n) is 4.07. The molecule has 0 saturated heterocycles. The maximum Gasteiger partial charge on any atom is 0.242 e. The molecule has 20 heavy (non-hydrogen) atoms. The summed E-state index contributed by atoms with van der Waals surface area (Å²) in [7, 11) is -3.67. The molecule has 3 N–H and O–H groups in total. The fourth-order valence-corrected chi connectivity index (χ4v) is 3.25. The minimum Gasteiger partial charge on any atom is -0.398 e. The fourth-order valence-electron chi connectivity index (χ4n) is 1.55. The van der Waals surface area contributed by atoms with Crippen molar-refractivity contribution in [1.29, 1.82) is 0 Å². The zero-order valence-electron chi connectivity index (χ0n) is 10.6. The first kappa shape index (κ1) is 14.9. The molecule has 9 heteroatoms. The molecular formula is C11H13BrN4O3S. The number of benzene rings is 1. The van der Waals surface area contributed by atoms with E-state index >= 15 is 0 Å². The van der Waals surface area contributed by atoms with Crippen LogP contribution in [0.3, 0.4) is 0 Å². The predicted molar refractivity (Wildman–Crippen MR) is 76.5 cm³/mol. The number of halogens is 1. The van der Waals surface area contributed by atoms with Crippen LogP contribution in [0.2, 0.25) is 0 Å². The summed E-state index contributed by atoms with van der Waals surface area (Å²) in [5, 5.41) is 3.63. The van der Waals surface area contributed by atoms with Crippen LogP contribution in [0.25, 0.3) is 0 Å². The van der Waals surface area contributed by atoms with Gasteiger partial charge in [0.1, 0.15) is 4.90 Å². The van der Waals surface area contributed by atoms with Crippen molar-refractivity contribution in [2.75, 3.05) is 12.3 Å². The van der Waals surface area contributed by atoms with Crippen molar-refractivity contribution in [3.63, 3.8) is 0 Å². The number of anilines is 1. The van der Waals surface area contributed by atoms with Gasteiger partial charge in [0.15, 0.2) is 5.82 Å².